The van der Waals surface area contributed by atoms with Crippen molar-refractivity contribution in [2.45, 2.75) is 31.2 Å². The fourth-order valence-corrected chi connectivity index (χ4v) is 3.67. The molecule has 5 nitrogen and oxygen atoms in total. The number of benzene rings is 1. The molecule has 0 fully saturated rings. The Bertz CT molecular complexity index is 556. The molecule has 1 atom stereocenters. The lowest BCUT2D eigenvalue weighted by atomic mass is 10.2. The van der Waals surface area contributed by atoms with Crippen LogP contribution in [0.4, 0.5) is 0 Å². The molecular weight excluding hydrogens is 322 g/mol. The van der Waals surface area contributed by atoms with Crippen molar-refractivity contribution in [3.8, 4) is 0 Å². The largest absolute Gasteiger partial charge is 0.478 e. The molecule has 1 rings (SSSR count). The summed E-state index contributed by atoms with van der Waals surface area (Å²) in [7, 11) is -3.63. The minimum absolute atomic E-state index is 0.0318. The average Bonchev–Trinajstić information content (AvgIpc) is 2.27. The second-order valence-electron chi connectivity index (χ2n) is 3.88. The zero-order chi connectivity index (χ0) is 13.9. The molecular formula is C11H14BrNO4S. The van der Waals surface area contributed by atoms with Gasteiger partial charge in [-0.3, -0.25) is 0 Å². The van der Waals surface area contributed by atoms with Gasteiger partial charge in [-0.15, -0.1) is 0 Å². The van der Waals surface area contributed by atoms with Gasteiger partial charge in [0.05, 0.1) is 10.5 Å². The molecule has 0 aromatic heterocycles. The number of halogens is 1. The molecule has 1 aromatic rings. The highest BCUT2D eigenvalue weighted by molar-refractivity contribution is 9.10. The van der Waals surface area contributed by atoms with Gasteiger partial charge in [0.15, 0.2) is 0 Å². The average molecular weight is 336 g/mol. The molecule has 0 aliphatic heterocycles. The smallest absolute Gasteiger partial charge is 0.335 e. The maximum absolute atomic E-state index is 12.0. The molecule has 0 spiro atoms. The van der Waals surface area contributed by atoms with E-state index in [4.69, 9.17) is 5.11 Å². The van der Waals surface area contributed by atoms with E-state index in [0.29, 0.717) is 6.42 Å². The summed E-state index contributed by atoms with van der Waals surface area (Å²) in [5, 5.41) is 8.80. The molecule has 0 aliphatic carbocycles. The number of aromatic carboxylic acids is 1. The summed E-state index contributed by atoms with van der Waals surface area (Å²) in [6, 6.07) is 3.63. The number of carboxylic acid groups (broad SMARTS) is 1. The summed E-state index contributed by atoms with van der Waals surface area (Å²) in [4.78, 5) is 10.8. The molecule has 1 unspecified atom stereocenters. The normalized spacial score (nSPS) is 13.3. The van der Waals surface area contributed by atoms with E-state index in [1.807, 2.05) is 6.92 Å². The van der Waals surface area contributed by atoms with Crippen LogP contribution in [0, 0.1) is 0 Å². The van der Waals surface area contributed by atoms with E-state index in [-0.39, 0.29) is 21.0 Å². The van der Waals surface area contributed by atoms with Crippen LogP contribution in [0.3, 0.4) is 0 Å². The third kappa shape index (κ3) is 3.54. The quantitative estimate of drug-likeness (QED) is 0.864. The van der Waals surface area contributed by atoms with Crippen LogP contribution in [-0.2, 0) is 10.0 Å². The Kier molecular flexibility index (Phi) is 4.89. The monoisotopic (exact) mass is 335 g/mol. The van der Waals surface area contributed by atoms with Crippen molar-refractivity contribution in [2.75, 3.05) is 0 Å². The van der Waals surface area contributed by atoms with Gasteiger partial charge in [0.25, 0.3) is 0 Å². The van der Waals surface area contributed by atoms with E-state index in [2.05, 4.69) is 20.7 Å². The van der Waals surface area contributed by atoms with E-state index < -0.39 is 16.0 Å². The number of carbonyl (C=O) groups is 1. The van der Waals surface area contributed by atoms with Crippen LogP contribution in [0.1, 0.15) is 30.6 Å². The molecule has 0 bridgehead atoms. The van der Waals surface area contributed by atoms with Gasteiger partial charge in [-0.1, -0.05) is 6.92 Å². The number of rotatable bonds is 5. The SMILES string of the molecule is CCC(C)NS(=O)(=O)c1ccc(C(=O)O)cc1Br. The van der Waals surface area contributed by atoms with Crippen molar-refractivity contribution in [2.24, 2.45) is 0 Å². The van der Waals surface area contributed by atoms with Gasteiger partial charge in [-0.2, -0.15) is 0 Å². The Morgan fingerprint density at radius 1 is 1.50 bits per heavy atom. The van der Waals surface area contributed by atoms with Gasteiger partial charge in [0.1, 0.15) is 0 Å². The lowest BCUT2D eigenvalue weighted by Gasteiger charge is -2.13. The number of sulfonamides is 1. The summed E-state index contributed by atoms with van der Waals surface area (Å²) in [6.45, 7) is 3.63. The van der Waals surface area contributed by atoms with E-state index in [0.717, 1.165) is 0 Å². The highest BCUT2D eigenvalue weighted by atomic mass is 79.9. The van der Waals surface area contributed by atoms with Crippen LogP contribution >= 0.6 is 15.9 Å². The fourth-order valence-electron chi connectivity index (χ4n) is 1.26. The first-order valence-corrected chi connectivity index (χ1v) is 7.60. The molecule has 0 aliphatic rings. The van der Waals surface area contributed by atoms with Crippen LogP contribution in [0.15, 0.2) is 27.6 Å². The summed E-state index contributed by atoms with van der Waals surface area (Å²) >= 11 is 3.08. The van der Waals surface area contributed by atoms with Gasteiger partial charge in [0, 0.05) is 10.5 Å². The minimum Gasteiger partial charge on any atom is -0.478 e. The maximum Gasteiger partial charge on any atom is 0.335 e. The Morgan fingerprint density at radius 2 is 2.11 bits per heavy atom. The van der Waals surface area contributed by atoms with E-state index in [1.165, 1.54) is 18.2 Å². The summed E-state index contributed by atoms with van der Waals surface area (Å²) < 4.78 is 26.8. The fraction of sp³-hybridized carbons (Fsp3) is 0.364. The zero-order valence-electron chi connectivity index (χ0n) is 9.97. The van der Waals surface area contributed by atoms with Crippen molar-refractivity contribution in [1.82, 2.24) is 4.72 Å². The summed E-state index contributed by atoms with van der Waals surface area (Å²) in [5.41, 5.74) is 0.0318. The first kappa shape index (κ1) is 15.1. The molecule has 1 aromatic carbocycles. The van der Waals surface area contributed by atoms with Crippen molar-refractivity contribution in [3.05, 3.63) is 28.2 Å². The molecule has 7 heteroatoms. The predicted octanol–water partition coefficient (Wildman–Crippen LogP) is 2.22. The molecule has 18 heavy (non-hydrogen) atoms. The Balaban J connectivity index is 3.14. The first-order valence-electron chi connectivity index (χ1n) is 5.33. The highest BCUT2D eigenvalue weighted by Crippen LogP contribution is 2.23. The topological polar surface area (TPSA) is 83.5 Å². The van der Waals surface area contributed by atoms with E-state index >= 15 is 0 Å². The van der Waals surface area contributed by atoms with E-state index in [1.54, 1.807) is 6.92 Å². The molecule has 0 radical (unpaired) electrons. The van der Waals surface area contributed by atoms with Crippen LogP contribution in [0.2, 0.25) is 0 Å². The predicted molar refractivity (Wildman–Crippen MR) is 71.2 cm³/mol. The van der Waals surface area contributed by atoms with Crippen LogP contribution in [0.5, 0.6) is 0 Å². The van der Waals surface area contributed by atoms with Gasteiger partial charge >= 0.3 is 5.97 Å². The third-order valence-corrected chi connectivity index (χ3v) is 5.00. The van der Waals surface area contributed by atoms with Crippen molar-refractivity contribution < 1.29 is 18.3 Å². The highest BCUT2D eigenvalue weighted by Gasteiger charge is 2.20. The van der Waals surface area contributed by atoms with Crippen LogP contribution < -0.4 is 4.72 Å². The molecule has 2 N–H and O–H groups in total. The van der Waals surface area contributed by atoms with Crippen molar-refractivity contribution in [1.29, 1.82) is 0 Å². The van der Waals surface area contributed by atoms with E-state index in [9.17, 15) is 13.2 Å². The third-order valence-electron chi connectivity index (χ3n) is 2.44. The molecule has 0 amide bonds. The second kappa shape index (κ2) is 5.81. The van der Waals surface area contributed by atoms with Crippen molar-refractivity contribution >= 4 is 31.9 Å². The number of nitrogens with one attached hydrogen (secondary N) is 1. The van der Waals surface area contributed by atoms with Crippen LogP contribution in [0.25, 0.3) is 0 Å². The Morgan fingerprint density at radius 3 is 2.56 bits per heavy atom. The second-order valence-corrected chi connectivity index (χ2v) is 6.42. The maximum atomic E-state index is 12.0. The summed E-state index contributed by atoms with van der Waals surface area (Å²) in [6.07, 6.45) is 0.671. The van der Waals surface area contributed by atoms with Crippen molar-refractivity contribution in [3.63, 3.8) is 0 Å². The number of hydrogen-bond acceptors (Lipinski definition) is 3. The molecule has 0 heterocycles. The lowest BCUT2D eigenvalue weighted by molar-refractivity contribution is 0.0696. The zero-order valence-corrected chi connectivity index (χ0v) is 12.4. The van der Waals surface area contributed by atoms with Gasteiger partial charge in [-0.05, 0) is 47.5 Å². The van der Waals surface area contributed by atoms with Gasteiger partial charge in [0.2, 0.25) is 10.0 Å². The number of hydrogen-bond donors (Lipinski definition) is 2. The van der Waals surface area contributed by atoms with Crippen LogP contribution in [-0.4, -0.2) is 25.5 Å². The standard InChI is InChI=1S/C11H14BrNO4S/c1-3-7(2)13-18(16,17)10-5-4-8(11(14)15)6-9(10)12/h4-7,13H,3H2,1-2H3,(H,14,15). The van der Waals surface area contributed by atoms with Gasteiger partial charge < -0.3 is 5.11 Å². The van der Waals surface area contributed by atoms with Gasteiger partial charge in [-0.25, -0.2) is 17.9 Å². The molecule has 100 valence electrons. The Labute approximate surface area is 114 Å². The lowest BCUT2D eigenvalue weighted by Crippen LogP contribution is -2.32. The minimum atomic E-state index is -3.63. The Hall–Kier alpha value is -0.920. The number of carboxylic acids is 1. The summed E-state index contributed by atoms with van der Waals surface area (Å²) in [5.74, 6) is -1.10. The first-order chi connectivity index (χ1) is 8.27. The molecule has 0 saturated heterocycles. The molecule has 0 saturated carbocycles.